The van der Waals surface area contributed by atoms with Crippen LogP contribution >= 0.6 is 0 Å². The molecule has 0 bridgehead atoms. The van der Waals surface area contributed by atoms with E-state index < -0.39 is 10.1 Å². The first-order valence-corrected chi connectivity index (χ1v) is 6.74. The van der Waals surface area contributed by atoms with Crippen LogP contribution in [0.15, 0.2) is 65.6 Å². The Morgan fingerprint density at radius 1 is 0.895 bits per heavy atom. The molecule has 2 aromatic carbocycles. The molecule has 0 unspecified atom stereocenters. The van der Waals surface area contributed by atoms with Crippen molar-refractivity contribution in [2.45, 2.75) is 11.5 Å². The summed E-state index contributed by atoms with van der Waals surface area (Å²) in [5.41, 5.74) is 0.834. The van der Waals surface area contributed by atoms with Crippen molar-refractivity contribution < 1.29 is 48.6 Å². The van der Waals surface area contributed by atoms with Crippen molar-refractivity contribution in [2.75, 3.05) is 0 Å². The molecule has 0 atom stereocenters. The van der Waals surface area contributed by atoms with E-state index in [1.807, 2.05) is 30.3 Å². The van der Waals surface area contributed by atoms with E-state index in [1.54, 1.807) is 18.2 Å². The Labute approximate surface area is 136 Å². The van der Waals surface area contributed by atoms with Crippen molar-refractivity contribution >= 4 is 10.1 Å². The molecule has 6 heteroatoms. The average Bonchev–Trinajstić information content (AvgIpc) is 2.41. The molecule has 96 valence electrons. The van der Waals surface area contributed by atoms with Gasteiger partial charge in [-0.05, 0) is 17.7 Å². The summed E-state index contributed by atoms with van der Waals surface area (Å²) in [7, 11) is -3.85. The molecule has 0 aromatic heterocycles. The normalized spacial score (nSPS) is 10.7. The molecule has 0 amide bonds. The number of benzene rings is 2. The first-order chi connectivity index (χ1) is 8.68. The third-order valence-electron chi connectivity index (χ3n) is 2.24. The van der Waals surface area contributed by atoms with Crippen LogP contribution in [0.4, 0.5) is 0 Å². The second-order valence-electron chi connectivity index (χ2n) is 3.58. The Hall–Kier alpha value is -0.690. The van der Waals surface area contributed by atoms with Crippen LogP contribution in [0.1, 0.15) is 6.99 Å². The zero-order chi connectivity index (χ0) is 12.8. The first kappa shape index (κ1) is 16.4. The Morgan fingerprint density at radius 2 is 1.42 bits per heavy atom. The average molecular weight is 288 g/mol. The number of rotatable bonds is 5. The van der Waals surface area contributed by atoms with Crippen LogP contribution in [0.2, 0.25) is 0 Å². The molecule has 4 nitrogen and oxygen atoms in total. The Bertz CT molecular complexity index is 590. The summed E-state index contributed by atoms with van der Waals surface area (Å²) < 4.78 is 27.8. The molecule has 0 radical (unpaired) electrons. The second-order valence-corrected chi connectivity index (χ2v) is 5.10. The van der Waals surface area contributed by atoms with Crippen molar-refractivity contribution in [2.24, 2.45) is 0 Å². The predicted octanol–water partition coefficient (Wildman–Crippen LogP) is -0.360. The van der Waals surface area contributed by atoms with Crippen molar-refractivity contribution in [1.29, 1.82) is 0 Å². The zero-order valence-electron chi connectivity index (χ0n) is 11.5. The van der Waals surface area contributed by atoms with E-state index >= 15 is 0 Å². The van der Waals surface area contributed by atoms with Crippen molar-refractivity contribution in [3.05, 3.63) is 66.2 Å². The molecule has 0 saturated heterocycles. The summed E-state index contributed by atoms with van der Waals surface area (Å²) in [5, 5.41) is 0. The van der Waals surface area contributed by atoms with E-state index in [0.717, 1.165) is 5.56 Å². The summed E-state index contributed by atoms with van der Waals surface area (Å²) >= 11 is 0. The van der Waals surface area contributed by atoms with Gasteiger partial charge in [-0.25, -0.2) is 4.89 Å². The summed E-state index contributed by atoms with van der Waals surface area (Å²) in [6, 6.07) is 17.0. The Kier molecular flexibility index (Phi) is 6.71. The van der Waals surface area contributed by atoms with Gasteiger partial charge in [0, 0.05) is 0 Å². The van der Waals surface area contributed by atoms with Gasteiger partial charge >= 0.3 is 39.7 Å². The van der Waals surface area contributed by atoms with Crippen LogP contribution in [0, 0.1) is 0 Å². The fraction of sp³-hybridized carbons (Fsp3) is 0.0769. The van der Waals surface area contributed by atoms with Gasteiger partial charge in [0.05, 0.1) is 4.90 Å². The van der Waals surface area contributed by atoms with Gasteiger partial charge in [0.25, 0.3) is 0 Å². The van der Waals surface area contributed by atoms with Gasteiger partial charge in [-0.15, -0.1) is 4.33 Å². The largest absolute Gasteiger partial charge is 1.00 e. The molecule has 0 saturated carbocycles. The fourth-order valence-corrected chi connectivity index (χ4v) is 2.10. The van der Waals surface area contributed by atoms with Crippen LogP contribution in [0.25, 0.3) is 0 Å². The van der Waals surface area contributed by atoms with E-state index in [4.69, 9.17) is 4.89 Å². The molecule has 0 spiro atoms. The van der Waals surface area contributed by atoms with Crippen molar-refractivity contribution in [1.82, 2.24) is 0 Å². The van der Waals surface area contributed by atoms with E-state index in [-0.39, 0.29) is 42.5 Å². The first-order valence-electron chi connectivity index (χ1n) is 5.33. The quantitative estimate of drug-likeness (QED) is 0.428. The maximum atomic E-state index is 11.7. The Morgan fingerprint density at radius 3 is 2.00 bits per heavy atom. The van der Waals surface area contributed by atoms with Crippen molar-refractivity contribution in [3.8, 4) is 0 Å². The summed E-state index contributed by atoms with van der Waals surface area (Å²) in [6.07, 6.45) is 0. The summed E-state index contributed by atoms with van der Waals surface area (Å²) in [6.45, 7) is 0.0763. The maximum absolute atomic E-state index is 11.7. The van der Waals surface area contributed by atoms with Gasteiger partial charge in [0.1, 0.15) is 6.61 Å². The molecule has 0 N–H and O–H groups in total. The third kappa shape index (κ3) is 5.06. The topological polar surface area (TPSA) is 52.6 Å². The Balaban J connectivity index is 0.00000180. The van der Waals surface area contributed by atoms with Gasteiger partial charge in [0.2, 0.25) is 0 Å². The van der Waals surface area contributed by atoms with E-state index in [2.05, 4.69) is 4.33 Å². The van der Waals surface area contributed by atoms with Gasteiger partial charge in [-0.2, -0.15) is 8.42 Å². The van der Waals surface area contributed by atoms with Crippen LogP contribution in [0.5, 0.6) is 0 Å². The van der Waals surface area contributed by atoms with Crippen molar-refractivity contribution in [3.63, 3.8) is 0 Å². The molecular weight excluding hydrogens is 275 g/mol. The number of hydrogen-bond acceptors (Lipinski definition) is 4. The third-order valence-corrected chi connectivity index (χ3v) is 3.36. The molecule has 2 rings (SSSR count). The summed E-state index contributed by atoms with van der Waals surface area (Å²) in [4.78, 5) is 4.82. The van der Waals surface area contributed by atoms with Gasteiger partial charge in [0.15, 0.2) is 0 Å². The minimum atomic E-state index is -3.85. The molecule has 2 aromatic rings. The van der Waals surface area contributed by atoms with Crippen LogP contribution < -0.4 is 29.6 Å². The fourth-order valence-electron chi connectivity index (χ4n) is 1.36. The molecular formula is C13H13NaO4S. The van der Waals surface area contributed by atoms with E-state index in [9.17, 15) is 8.42 Å². The monoisotopic (exact) mass is 288 g/mol. The SMILES string of the molecule is O=S(=O)(OOCc1ccccc1)c1ccccc1.[H-].[Na+]. The molecule has 19 heavy (non-hydrogen) atoms. The molecule has 0 heterocycles. The van der Waals surface area contributed by atoms with Crippen LogP contribution in [-0.4, -0.2) is 8.42 Å². The van der Waals surface area contributed by atoms with Gasteiger partial charge in [-0.1, -0.05) is 48.5 Å². The molecule has 0 fully saturated rings. The van der Waals surface area contributed by atoms with Crippen LogP contribution in [0.3, 0.4) is 0 Å². The molecule has 0 aliphatic heterocycles. The van der Waals surface area contributed by atoms with Gasteiger partial charge in [-0.3, -0.25) is 0 Å². The molecule has 0 aliphatic rings. The maximum Gasteiger partial charge on any atom is 1.00 e. The smallest absolute Gasteiger partial charge is 1.00 e. The predicted molar refractivity (Wildman–Crippen MR) is 67.1 cm³/mol. The second kappa shape index (κ2) is 7.79. The van der Waals surface area contributed by atoms with E-state index in [1.165, 1.54) is 12.1 Å². The molecule has 0 aliphatic carbocycles. The number of hydrogen-bond donors (Lipinski definition) is 0. The van der Waals surface area contributed by atoms with Gasteiger partial charge < -0.3 is 1.43 Å². The standard InChI is InChI=1S/C13H12O4S.Na.H/c14-18(15,13-9-5-2-6-10-13)17-16-11-12-7-3-1-4-8-12;;/h1-10H,11H2;;/q;+1;-1. The zero-order valence-corrected chi connectivity index (χ0v) is 13.3. The summed E-state index contributed by atoms with van der Waals surface area (Å²) in [5.74, 6) is 0. The van der Waals surface area contributed by atoms with Crippen LogP contribution in [-0.2, 0) is 25.9 Å². The minimum Gasteiger partial charge on any atom is -1.00 e. The van der Waals surface area contributed by atoms with E-state index in [0.29, 0.717) is 0 Å². The minimum absolute atomic E-state index is 0.